The minimum Gasteiger partial charge on any atom is -0.377 e. The smallest absolute Gasteiger partial charge is 0.0778 e. The molecule has 0 aliphatic rings. The Hall–Kier alpha value is -0.450. The molecule has 1 rings (SSSR count). The van der Waals surface area contributed by atoms with E-state index >= 15 is 0 Å². The predicted octanol–water partition coefficient (Wildman–Crippen LogP) is 2.79. The molecule has 0 saturated carbocycles. The van der Waals surface area contributed by atoms with E-state index in [4.69, 9.17) is 4.74 Å². The number of pyridine rings is 1. The van der Waals surface area contributed by atoms with Gasteiger partial charge in [0.2, 0.25) is 0 Å². The number of nitrogens with zero attached hydrogens (tertiary/aromatic N) is 1. The van der Waals surface area contributed by atoms with E-state index < -0.39 is 0 Å². The minimum atomic E-state index is -0.204. The van der Waals surface area contributed by atoms with Crippen LogP contribution in [-0.2, 0) is 11.2 Å². The van der Waals surface area contributed by atoms with Gasteiger partial charge < -0.3 is 10.1 Å². The molecule has 1 unspecified atom stereocenters. The summed E-state index contributed by atoms with van der Waals surface area (Å²) in [4.78, 5) is 4.41. The highest BCUT2D eigenvalue weighted by atomic mass is 79.9. The molecule has 0 aromatic carbocycles. The standard InChI is InChI=1S/C13H21BrN2O/c1-5-15-12(13(2,3)17-4)8-11-7-6-10(14)9-16-11/h6-7,9,12,15H,5,8H2,1-4H3. The summed E-state index contributed by atoms with van der Waals surface area (Å²) < 4.78 is 6.56. The van der Waals surface area contributed by atoms with Crippen molar-refractivity contribution >= 4 is 15.9 Å². The third kappa shape index (κ3) is 4.37. The monoisotopic (exact) mass is 300 g/mol. The van der Waals surface area contributed by atoms with Crippen molar-refractivity contribution in [1.82, 2.24) is 10.3 Å². The van der Waals surface area contributed by atoms with Crippen LogP contribution in [0.3, 0.4) is 0 Å². The summed E-state index contributed by atoms with van der Waals surface area (Å²) >= 11 is 3.39. The highest BCUT2D eigenvalue weighted by Gasteiger charge is 2.28. The van der Waals surface area contributed by atoms with Gasteiger partial charge in [-0.25, -0.2) is 0 Å². The molecule has 0 aliphatic heterocycles. The van der Waals surface area contributed by atoms with Gasteiger partial charge in [-0.05, 0) is 48.5 Å². The molecule has 0 amide bonds. The number of rotatable bonds is 6. The third-order valence-electron chi connectivity index (χ3n) is 3.02. The number of aromatic nitrogens is 1. The van der Waals surface area contributed by atoms with E-state index in [-0.39, 0.29) is 11.6 Å². The maximum absolute atomic E-state index is 5.55. The van der Waals surface area contributed by atoms with E-state index in [2.05, 4.69) is 47.0 Å². The number of hydrogen-bond donors (Lipinski definition) is 1. The lowest BCUT2D eigenvalue weighted by Crippen LogP contribution is -2.49. The Morgan fingerprint density at radius 1 is 1.47 bits per heavy atom. The summed E-state index contributed by atoms with van der Waals surface area (Å²) in [5.74, 6) is 0. The molecular formula is C13H21BrN2O. The molecule has 1 heterocycles. The van der Waals surface area contributed by atoms with Gasteiger partial charge in [0.25, 0.3) is 0 Å². The van der Waals surface area contributed by atoms with E-state index in [0.717, 1.165) is 23.1 Å². The van der Waals surface area contributed by atoms with Crippen LogP contribution >= 0.6 is 15.9 Å². The molecule has 1 aromatic heterocycles. The fourth-order valence-electron chi connectivity index (χ4n) is 1.69. The molecule has 1 atom stereocenters. The van der Waals surface area contributed by atoms with Gasteiger partial charge in [-0.3, -0.25) is 4.98 Å². The molecule has 0 aliphatic carbocycles. The number of likely N-dealkylation sites (N-methyl/N-ethyl adjacent to an activating group) is 1. The highest BCUT2D eigenvalue weighted by Crippen LogP contribution is 2.18. The third-order valence-corrected chi connectivity index (χ3v) is 3.49. The second-order valence-electron chi connectivity index (χ2n) is 4.59. The van der Waals surface area contributed by atoms with Crippen LogP contribution in [0.15, 0.2) is 22.8 Å². The molecule has 0 radical (unpaired) electrons. The Labute approximate surface area is 112 Å². The van der Waals surface area contributed by atoms with Gasteiger partial charge >= 0.3 is 0 Å². The number of hydrogen-bond acceptors (Lipinski definition) is 3. The van der Waals surface area contributed by atoms with E-state index in [1.54, 1.807) is 7.11 Å². The first-order valence-corrected chi connectivity index (χ1v) is 6.68. The first-order valence-electron chi connectivity index (χ1n) is 5.88. The fraction of sp³-hybridized carbons (Fsp3) is 0.615. The Morgan fingerprint density at radius 2 is 2.18 bits per heavy atom. The molecule has 3 nitrogen and oxygen atoms in total. The van der Waals surface area contributed by atoms with Crippen LogP contribution in [0.2, 0.25) is 0 Å². The van der Waals surface area contributed by atoms with Crippen molar-refractivity contribution in [2.75, 3.05) is 13.7 Å². The van der Waals surface area contributed by atoms with Crippen LogP contribution in [0.4, 0.5) is 0 Å². The van der Waals surface area contributed by atoms with Crippen molar-refractivity contribution in [2.24, 2.45) is 0 Å². The molecule has 1 aromatic rings. The lowest BCUT2D eigenvalue weighted by molar-refractivity contribution is -0.00984. The zero-order chi connectivity index (χ0) is 12.9. The van der Waals surface area contributed by atoms with E-state index in [0.29, 0.717) is 0 Å². The van der Waals surface area contributed by atoms with Gasteiger partial charge in [0, 0.05) is 35.9 Å². The van der Waals surface area contributed by atoms with Crippen LogP contribution in [0.25, 0.3) is 0 Å². The second-order valence-corrected chi connectivity index (χ2v) is 5.51. The summed E-state index contributed by atoms with van der Waals surface area (Å²) in [6.45, 7) is 7.22. The van der Waals surface area contributed by atoms with Crippen LogP contribution < -0.4 is 5.32 Å². The minimum absolute atomic E-state index is 0.204. The van der Waals surface area contributed by atoms with Crippen LogP contribution in [0, 0.1) is 0 Å². The normalized spacial score (nSPS) is 13.7. The number of methoxy groups -OCH3 is 1. The fourth-order valence-corrected chi connectivity index (χ4v) is 1.92. The summed E-state index contributed by atoms with van der Waals surface area (Å²) in [5, 5.41) is 3.46. The molecule has 0 saturated heterocycles. The van der Waals surface area contributed by atoms with Gasteiger partial charge in [-0.2, -0.15) is 0 Å². The van der Waals surface area contributed by atoms with Crippen molar-refractivity contribution in [2.45, 2.75) is 38.8 Å². The van der Waals surface area contributed by atoms with Crippen molar-refractivity contribution in [3.8, 4) is 0 Å². The Morgan fingerprint density at radius 3 is 2.65 bits per heavy atom. The zero-order valence-corrected chi connectivity index (χ0v) is 12.5. The average Bonchev–Trinajstić information content (AvgIpc) is 2.31. The quantitative estimate of drug-likeness (QED) is 0.877. The number of halogens is 1. The zero-order valence-electron chi connectivity index (χ0n) is 11.0. The van der Waals surface area contributed by atoms with Gasteiger partial charge in [-0.1, -0.05) is 6.92 Å². The first-order chi connectivity index (χ1) is 7.99. The summed E-state index contributed by atoms with van der Waals surface area (Å²) in [6, 6.07) is 4.32. The summed E-state index contributed by atoms with van der Waals surface area (Å²) in [7, 11) is 1.75. The Kier molecular flexibility index (Phi) is 5.56. The second kappa shape index (κ2) is 6.47. The maximum Gasteiger partial charge on any atom is 0.0778 e. The first kappa shape index (κ1) is 14.6. The average molecular weight is 301 g/mol. The molecular weight excluding hydrogens is 280 g/mol. The largest absolute Gasteiger partial charge is 0.377 e. The van der Waals surface area contributed by atoms with Gasteiger partial charge in [0.05, 0.1) is 5.60 Å². The van der Waals surface area contributed by atoms with Crippen molar-refractivity contribution in [3.63, 3.8) is 0 Å². The summed E-state index contributed by atoms with van der Waals surface area (Å²) in [6.07, 6.45) is 2.69. The molecule has 96 valence electrons. The van der Waals surface area contributed by atoms with Gasteiger partial charge in [0.1, 0.15) is 0 Å². The Bertz CT molecular complexity index is 338. The SMILES string of the molecule is CCNC(Cc1ccc(Br)cn1)C(C)(C)OC. The van der Waals surface area contributed by atoms with Crippen molar-refractivity contribution in [1.29, 1.82) is 0 Å². The predicted molar refractivity (Wildman–Crippen MR) is 74.2 cm³/mol. The van der Waals surface area contributed by atoms with Gasteiger partial charge in [0.15, 0.2) is 0 Å². The van der Waals surface area contributed by atoms with E-state index in [1.165, 1.54) is 0 Å². The van der Waals surface area contributed by atoms with Crippen molar-refractivity contribution in [3.05, 3.63) is 28.5 Å². The number of nitrogens with one attached hydrogen (secondary N) is 1. The van der Waals surface area contributed by atoms with Crippen LogP contribution in [-0.4, -0.2) is 30.3 Å². The molecule has 0 fully saturated rings. The molecule has 17 heavy (non-hydrogen) atoms. The Balaban J connectivity index is 2.76. The molecule has 0 bridgehead atoms. The van der Waals surface area contributed by atoms with Crippen molar-refractivity contribution < 1.29 is 4.74 Å². The lowest BCUT2D eigenvalue weighted by Gasteiger charge is -2.33. The van der Waals surface area contributed by atoms with E-state index in [9.17, 15) is 0 Å². The highest BCUT2D eigenvalue weighted by molar-refractivity contribution is 9.10. The maximum atomic E-state index is 5.55. The lowest BCUT2D eigenvalue weighted by atomic mass is 9.94. The summed E-state index contributed by atoms with van der Waals surface area (Å²) in [5.41, 5.74) is 0.870. The van der Waals surface area contributed by atoms with Gasteiger partial charge in [-0.15, -0.1) is 0 Å². The number of ether oxygens (including phenoxy) is 1. The molecule has 1 N–H and O–H groups in total. The van der Waals surface area contributed by atoms with Crippen LogP contribution in [0.1, 0.15) is 26.5 Å². The van der Waals surface area contributed by atoms with Crippen LogP contribution in [0.5, 0.6) is 0 Å². The van der Waals surface area contributed by atoms with E-state index in [1.807, 2.05) is 18.3 Å². The molecule has 0 spiro atoms. The topological polar surface area (TPSA) is 34.2 Å². The molecule has 4 heteroatoms.